The Morgan fingerprint density at radius 3 is 2.43 bits per heavy atom. The van der Waals surface area contributed by atoms with Crippen LogP contribution >= 0.6 is 0 Å². The van der Waals surface area contributed by atoms with Gasteiger partial charge in [0.1, 0.15) is 11.8 Å². The Morgan fingerprint density at radius 2 is 1.95 bits per heavy atom. The Morgan fingerprint density at radius 1 is 1.29 bits per heavy atom. The molecular weight excluding hydrogens is 272 g/mol. The summed E-state index contributed by atoms with van der Waals surface area (Å²) in [6.45, 7) is 4.58. The molecule has 3 amide bonds. The van der Waals surface area contributed by atoms with Crippen LogP contribution in [0.1, 0.15) is 30.6 Å². The molecule has 2 rings (SSSR count). The van der Waals surface area contributed by atoms with Crippen molar-refractivity contribution in [3.8, 4) is 5.75 Å². The van der Waals surface area contributed by atoms with Crippen LogP contribution in [-0.2, 0) is 9.59 Å². The van der Waals surface area contributed by atoms with Crippen molar-refractivity contribution in [1.29, 1.82) is 0 Å². The lowest BCUT2D eigenvalue weighted by atomic mass is 10.1. The number of carbonyl (C=O) groups excluding carboxylic acids is 3. The maximum absolute atomic E-state index is 12.5. The summed E-state index contributed by atoms with van der Waals surface area (Å²) in [5.41, 5.74) is 0.465. The molecule has 1 aromatic rings. The highest BCUT2D eigenvalue weighted by molar-refractivity contribution is 6.08. The molecule has 1 atom stereocenters. The third-order valence-electron chi connectivity index (χ3n) is 3.33. The van der Waals surface area contributed by atoms with Crippen molar-refractivity contribution in [1.82, 2.24) is 10.2 Å². The minimum Gasteiger partial charge on any atom is -0.494 e. The van der Waals surface area contributed by atoms with Gasteiger partial charge in [-0.1, -0.05) is 0 Å². The summed E-state index contributed by atoms with van der Waals surface area (Å²) >= 11 is 0. The Labute approximate surface area is 123 Å². The second kappa shape index (κ2) is 6.39. The Bertz CT molecular complexity index is 553. The van der Waals surface area contributed by atoms with Gasteiger partial charge in [-0.25, -0.2) is 0 Å². The molecular formula is C15H18N2O4. The highest BCUT2D eigenvalue weighted by Crippen LogP contribution is 2.17. The Kier molecular flexibility index (Phi) is 4.57. The van der Waals surface area contributed by atoms with Gasteiger partial charge < -0.3 is 9.64 Å². The second-order valence-corrected chi connectivity index (χ2v) is 4.68. The van der Waals surface area contributed by atoms with E-state index in [1.165, 1.54) is 4.90 Å². The number of amides is 3. The van der Waals surface area contributed by atoms with Crippen LogP contribution in [-0.4, -0.2) is 41.8 Å². The van der Waals surface area contributed by atoms with Gasteiger partial charge in [-0.05, 0) is 38.1 Å². The number of nitrogens with zero attached hydrogens (tertiary/aromatic N) is 1. The number of hydrogen-bond acceptors (Lipinski definition) is 4. The molecule has 6 heteroatoms. The number of imide groups is 1. The van der Waals surface area contributed by atoms with Crippen molar-refractivity contribution < 1.29 is 19.1 Å². The highest BCUT2D eigenvalue weighted by Gasteiger charge is 2.37. The van der Waals surface area contributed by atoms with Crippen molar-refractivity contribution in [3.05, 3.63) is 29.8 Å². The van der Waals surface area contributed by atoms with Crippen LogP contribution in [0.25, 0.3) is 0 Å². The maximum atomic E-state index is 12.5. The topological polar surface area (TPSA) is 75.7 Å². The van der Waals surface area contributed by atoms with Gasteiger partial charge in [-0.2, -0.15) is 0 Å². The minimum absolute atomic E-state index is 0.0233. The molecule has 1 aliphatic rings. The van der Waals surface area contributed by atoms with Gasteiger partial charge in [-0.3, -0.25) is 19.7 Å². The van der Waals surface area contributed by atoms with Gasteiger partial charge in [0.25, 0.3) is 5.91 Å². The fraction of sp³-hybridized carbons (Fsp3) is 0.400. The monoisotopic (exact) mass is 290 g/mol. The van der Waals surface area contributed by atoms with Crippen LogP contribution in [0.4, 0.5) is 0 Å². The van der Waals surface area contributed by atoms with Crippen molar-refractivity contribution in [2.24, 2.45) is 0 Å². The summed E-state index contributed by atoms with van der Waals surface area (Å²) in [6.07, 6.45) is 0.0233. The smallest absolute Gasteiger partial charge is 0.254 e. The van der Waals surface area contributed by atoms with E-state index in [-0.39, 0.29) is 18.2 Å². The van der Waals surface area contributed by atoms with E-state index in [0.717, 1.165) is 0 Å². The molecule has 0 radical (unpaired) electrons. The maximum Gasteiger partial charge on any atom is 0.254 e. The zero-order valence-electron chi connectivity index (χ0n) is 12.1. The molecule has 1 N–H and O–H groups in total. The summed E-state index contributed by atoms with van der Waals surface area (Å²) in [5, 5.41) is 2.22. The Hall–Kier alpha value is -2.37. The summed E-state index contributed by atoms with van der Waals surface area (Å²) in [4.78, 5) is 36.9. The van der Waals surface area contributed by atoms with Crippen molar-refractivity contribution in [2.45, 2.75) is 26.3 Å². The minimum atomic E-state index is -0.721. The first kappa shape index (κ1) is 15.0. The molecule has 0 saturated carbocycles. The van der Waals surface area contributed by atoms with Crippen LogP contribution in [0.2, 0.25) is 0 Å². The van der Waals surface area contributed by atoms with Crippen molar-refractivity contribution in [2.75, 3.05) is 13.2 Å². The zero-order chi connectivity index (χ0) is 15.4. The first-order valence-electron chi connectivity index (χ1n) is 6.94. The third-order valence-corrected chi connectivity index (χ3v) is 3.33. The van der Waals surface area contributed by atoms with Gasteiger partial charge in [0.15, 0.2) is 0 Å². The predicted molar refractivity (Wildman–Crippen MR) is 75.9 cm³/mol. The van der Waals surface area contributed by atoms with Gasteiger partial charge in [0.05, 0.1) is 13.0 Å². The van der Waals surface area contributed by atoms with Crippen molar-refractivity contribution in [3.63, 3.8) is 0 Å². The first-order chi connectivity index (χ1) is 10.1. The standard InChI is InChI=1S/C15H18N2O4/c1-3-17(12-9-13(18)16-14(12)19)15(20)10-5-7-11(8-6-10)21-4-2/h5-8,12H,3-4,9H2,1-2H3,(H,16,18,19). The largest absolute Gasteiger partial charge is 0.494 e. The highest BCUT2D eigenvalue weighted by atomic mass is 16.5. The van der Waals surface area contributed by atoms with Crippen LogP contribution < -0.4 is 10.1 Å². The van der Waals surface area contributed by atoms with E-state index in [9.17, 15) is 14.4 Å². The fourth-order valence-electron chi connectivity index (χ4n) is 2.32. The molecule has 0 aliphatic carbocycles. The van der Waals surface area contributed by atoms with E-state index >= 15 is 0 Å². The third kappa shape index (κ3) is 3.21. The molecule has 0 aromatic heterocycles. The number of likely N-dealkylation sites (N-methyl/N-ethyl adjacent to an activating group) is 1. The van der Waals surface area contributed by atoms with E-state index in [2.05, 4.69) is 5.32 Å². The molecule has 1 aromatic carbocycles. The van der Waals surface area contributed by atoms with Gasteiger partial charge in [0, 0.05) is 12.1 Å². The van der Waals surface area contributed by atoms with Gasteiger partial charge in [0.2, 0.25) is 11.8 Å². The van der Waals surface area contributed by atoms with Gasteiger partial charge in [-0.15, -0.1) is 0 Å². The molecule has 112 valence electrons. The number of nitrogens with one attached hydrogen (secondary N) is 1. The molecule has 21 heavy (non-hydrogen) atoms. The molecule has 1 aliphatic heterocycles. The number of ether oxygens (including phenoxy) is 1. The average molecular weight is 290 g/mol. The normalized spacial score (nSPS) is 17.5. The molecule has 0 spiro atoms. The van der Waals surface area contributed by atoms with E-state index < -0.39 is 11.9 Å². The lowest BCUT2D eigenvalue weighted by molar-refractivity contribution is -0.126. The van der Waals surface area contributed by atoms with Gasteiger partial charge >= 0.3 is 0 Å². The molecule has 1 fully saturated rings. The predicted octanol–water partition coefficient (Wildman–Crippen LogP) is 0.962. The quantitative estimate of drug-likeness (QED) is 0.820. The molecule has 0 bridgehead atoms. The summed E-state index contributed by atoms with van der Waals surface area (Å²) in [5.74, 6) is -0.342. The van der Waals surface area contributed by atoms with Crippen LogP contribution in [0, 0.1) is 0 Å². The molecule has 1 unspecified atom stereocenters. The lowest BCUT2D eigenvalue weighted by Gasteiger charge is -2.25. The summed E-state index contributed by atoms with van der Waals surface area (Å²) < 4.78 is 5.32. The summed E-state index contributed by atoms with van der Waals surface area (Å²) in [7, 11) is 0. The number of carbonyl (C=O) groups is 3. The van der Waals surface area contributed by atoms with E-state index in [1.54, 1.807) is 31.2 Å². The van der Waals surface area contributed by atoms with E-state index in [0.29, 0.717) is 24.5 Å². The lowest BCUT2D eigenvalue weighted by Crippen LogP contribution is -2.44. The number of hydrogen-bond donors (Lipinski definition) is 1. The fourth-order valence-corrected chi connectivity index (χ4v) is 2.32. The van der Waals surface area contributed by atoms with E-state index in [1.807, 2.05) is 6.92 Å². The number of benzene rings is 1. The first-order valence-corrected chi connectivity index (χ1v) is 6.94. The van der Waals surface area contributed by atoms with E-state index in [4.69, 9.17) is 4.74 Å². The number of rotatable bonds is 5. The SMILES string of the molecule is CCOc1ccc(C(=O)N(CC)C2CC(=O)NC2=O)cc1. The van der Waals surface area contributed by atoms with Crippen LogP contribution in [0.5, 0.6) is 5.75 Å². The average Bonchev–Trinajstić information content (AvgIpc) is 2.80. The Balaban J connectivity index is 2.16. The second-order valence-electron chi connectivity index (χ2n) is 4.68. The van der Waals surface area contributed by atoms with Crippen LogP contribution in [0.15, 0.2) is 24.3 Å². The summed E-state index contributed by atoms with van der Waals surface area (Å²) in [6, 6.07) is 6.02. The van der Waals surface area contributed by atoms with Crippen molar-refractivity contribution >= 4 is 17.7 Å². The molecule has 1 saturated heterocycles. The van der Waals surface area contributed by atoms with Crippen LogP contribution in [0.3, 0.4) is 0 Å². The zero-order valence-corrected chi connectivity index (χ0v) is 12.1. The molecule has 6 nitrogen and oxygen atoms in total. The molecule has 1 heterocycles.